The molecule has 36 heavy (non-hydrogen) atoms. The number of rotatable bonds is 9. The summed E-state index contributed by atoms with van der Waals surface area (Å²) in [5, 5.41) is 0.678. The van der Waals surface area contributed by atoms with Crippen molar-refractivity contribution < 1.29 is 4.79 Å². The summed E-state index contributed by atoms with van der Waals surface area (Å²) in [5.74, 6) is 1.06. The van der Waals surface area contributed by atoms with Crippen molar-refractivity contribution in [1.82, 2.24) is 19.4 Å². The summed E-state index contributed by atoms with van der Waals surface area (Å²) < 4.78 is 2.20. The second-order valence-electron chi connectivity index (χ2n) is 9.96. The number of nitrogens with two attached hydrogens (primary N) is 1. The van der Waals surface area contributed by atoms with Gasteiger partial charge in [-0.2, -0.15) is 0 Å². The van der Waals surface area contributed by atoms with Crippen molar-refractivity contribution in [2.45, 2.75) is 52.1 Å². The first kappa shape index (κ1) is 26.2. The Kier molecular flexibility index (Phi) is 9.05. The summed E-state index contributed by atoms with van der Waals surface area (Å²) in [7, 11) is 0. The van der Waals surface area contributed by atoms with E-state index in [1.807, 2.05) is 40.1 Å². The Morgan fingerprint density at radius 2 is 1.83 bits per heavy atom. The Morgan fingerprint density at radius 3 is 2.50 bits per heavy atom. The van der Waals surface area contributed by atoms with Crippen molar-refractivity contribution in [3.63, 3.8) is 0 Å². The third kappa shape index (κ3) is 6.29. The fourth-order valence-electron chi connectivity index (χ4n) is 5.04. The number of benzene rings is 2. The Labute approximate surface area is 220 Å². The van der Waals surface area contributed by atoms with Gasteiger partial charge in [0.25, 0.3) is 0 Å². The SMILES string of the molecule is CC(C)C(c1nc(-c2cccc(Cl)c2)cn1Cc1ccccc1)N(CCCN)C(=O)N1CCCCC1. The van der Waals surface area contributed by atoms with E-state index in [1.165, 1.54) is 12.0 Å². The third-order valence-corrected chi connectivity index (χ3v) is 7.07. The predicted molar refractivity (Wildman–Crippen MR) is 147 cm³/mol. The Bertz CT molecular complexity index is 1120. The fraction of sp³-hybridized carbons (Fsp3) is 0.448. The molecule has 1 unspecified atom stereocenters. The minimum absolute atomic E-state index is 0.0976. The summed E-state index contributed by atoms with van der Waals surface area (Å²) in [5.41, 5.74) is 8.93. The molecule has 2 N–H and O–H groups in total. The number of likely N-dealkylation sites (tertiary alicyclic amines) is 1. The van der Waals surface area contributed by atoms with Crippen LogP contribution in [0.4, 0.5) is 4.79 Å². The van der Waals surface area contributed by atoms with Gasteiger partial charge in [0, 0.05) is 43.0 Å². The molecule has 7 heteroatoms. The molecule has 2 heterocycles. The maximum absolute atomic E-state index is 13.9. The molecule has 2 amide bonds. The van der Waals surface area contributed by atoms with Crippen LogP contribution in [0.5, 0.6) is 0 Å². The maximum Gasteiger partial charge on any atom is 0.320 e. The minimum Gasteiger partial charge on any atom is -0.330 e. The lowest BCUT2D eigenvalue weighted by Crippen LogP contribution is -2.49. The highest BCUT2D eigenvalue weighted by atomic mass is 35.5. The predicted octanol–water partition coefficient (Wildman–Crippen LogP) is 6.21. The van der Waals surface area contributed by atoms with Crippen molar-refractivity contribution in [1.29, 1.82) is 0 Å². The van der Waals surface area contributed by atoms with E-state index in [9.17, 15) is 4.79 Å². The van der Waals surface area contributed by atoms with Gasteiger partial charge in [-0.15, -0.1) is 0 Å². The molecule has 1 aliphatic heterocycles. The van der Waals surface area contributed by atoms with Crippen LogP contribution in [0.3, 0.4) is 0 Å². The second kappa shape index (κ2) is 12.4. The number of imidazole rings is 1. The van der Waals surface area contributed by atoms with Crippen LogP contribution in [0.15, 0.2) is 60.8 Å². The number of amides is 2. The van der Waals surface area contributed by atoms with Gasteiger partial charge >= 0.3 is 6.03 Å². The topological polar surface area (TPSA) is 67.4 Å². The van der Waals surface area contributed by atoms with Gasteiger partial charge in [0.2, 0.25) is 0 Å². The van der Waals surface area contributed by atoms with Gasteiger partial charge in [-0.25, -0.2) is 9.78 Å². The van der Waals surface area contributed by atoms with E-state index >= 15 is 0 Å². The number of hydrogen-bond acceptors (Lipinski definition) is 3. The lowest BCUT2D eigenvalue weighted by molar-refractivity contribution is 0.107. The lowest BCUT2D eigenvalue weighted by Gasteiger charge is -2.39. The molecule has 1 fully saturated rings. The van der Waals surface area contributed by atoms with E-state index in [0.717, 1.165) is 49.4 Å². The summed E-state index contributed by atoms with van der Waals surface area (Å²) in [6.07, 6.45) is 6.15. The molecule has 0 bridgehead atoms. The molecule has 0 spiro atoms. The molecule has 1 aromatic heterocycles. The quantitative estimate of drug-likeness (QED) is 0.374. The molecule has 4 rings (SSSR count). The standard InChI is InChI=1S/C29H38ClN5O/c1-22(2)27(35(18-10-15-31)29(36)33-16-7-4-8-17-33)28-32-26(24-13-9-14-25(30)19-24)21-34(28)20-23-11-5-3-6-12-23/h3,5-6,9,11-14,19,21-22,27H,4,7-8,10,15-18,20,31H2,1-2H3. The largest absolute Gasteiger partial charge is 0.330 e. The number of carbonyl (C=O) groups is 1. The fourth-order valence-corrected chi connectivity index (χ4v) is 5.23. The van der Waals surface area contributed by atoms with Gasteiger partial charge in [-0.3, -0.25) is 0 Å². The number of halogens is 1. The van der Waals surface area contributed by atoms with Crippen LogP contribution in [0, 0.1) is 5.92 Å². The van der Waals surface area contributed by atoms with E-state index in [4.69, 9.17) is 22.3 Å². The van der Waals surface area contributed by atoms with Gasteiger partial charge in [-0.05, 0) is 55.8 Å². The highest BCUT2D eigenvalue weighted by Crippen LogP contribution is 2.33. The summed E-state index contributed by atoms with van der Waals surface area (Å²) >= 11 is 6.31. The molecule has 192 valence electrons. The molecule has 0 aliphatic carbocycles. The van der Waals surface area contributed by atoms with Gasteiger partial charge in [0.15, 0.2) is 0 Å². The van der Waals surface area contributed by atoms with E-state index in [1.54, 1.807) is 0 Å². The van der Waals surface area contributed by atoms with E-state index in [2.05, 4.69) is 48.9 Å². The first-order chi connectivity index (χ1) is 17.5. The van der Waals surface area contributed by atoms with Crippen LogP contribution >= 0.6 is 11.6 Å². The van der Waals surface area contributed by atoms with Crippen LogP contribution in [0.25, 0.3) is 11.3 Å². The van der Waals surface area contributed by atoms with Gasteiger partial charge in [0.05, 0.1) is 11.7 Å². The molecule has 1 saturated heterocycles. The molecular weight excluding hydrogens is 470 g/mol. The van der Waals surface area contributed by atoms with E-state index in [-0.39, 0.29) is 18.0 Å². The molecule has 0 radical (unpaired) electrons. The molecule has 3 aromatic rings. The number of carbonyl (C=O) groups excluding carboxylic acids is 1. The van der Waals surface area contributed by atoms with Gasteiger partial charge in [0.1, 0.15) is 5.82 Å². The van der Waals surface area contributed by atoms with Crippen molar-refractivity contribution in [3.8, 4) is 11.3 Å². The van der Waals surface area contributed by atoms with Crippen molar-refractivity contribution in [3.05, 3.63) is 77.2 Å². The first-order valence-electron chi connectivity index (χ1n) is 13.1. The van der Waals surface area contributed by atoms with Crippen LogP contribution in [0.2, 0.25) is 5.02 Å². The Morgan fingerprint density at radius 1 is 1.08 bits per heavy atom. The highest BCUT2D eigenvalue weighted by molar-refractivity contribution is 6.30. The number of hydrogen-bond donors (Lipinski definition) is 1. The zero-order valence-electron chi connectivity index (χ0n) is 21.4. The lowest BCUT2D eigenvalue weighted by atomic mass is 10.0. The Hall–Kier alpha value is -2.83. The molecule has 1 atom stereocenters. The van der Waals surface area contributed by atoms with Gasteiger partial charge in [-0.1, -0.05) is 67.9 Å². The molecule has 0 saturated carbocycles. The molecular formula is C29H38ClN5O. The number of piperidine rings is 1. The van der Waals surface area contributed by atoms with Crippen LogP contribution < -0.4 is 5.73 Å². The molecule has 1 aliphatic rings. The summed E-state index contributed by atoms with van der Waals surface area (Å²) in [6, 6.07) is 18.1. The summed E-state index contributed by atoms with van der Waals surface area (Å²) in [6.45, 7) is 7.80. The highest BCUT2D eigenvalue weighted by Gasteiger charge is 2.34. The van der Waals surface area contributed by atoms with Crippen molar-refractivity contribution >= 4 is 17.6 Å². The van der Waals surface area contributed by atoms with Crippen molar-refractivity contribution in [2.24, 2.45) is 11.7 Å². The minimum atomic E-state index is -0.178. The van der Waals surface area contributed by atoms with E-state index in [0.29, 0.717) is 24.7 Å². The van der Waals surface area contributed by atoms with Crippen molar-refractivity contribution in [2.75, 3.05) is 26.2 Å². The number of urea groups is 1. The normalized spacial score (nSPS) is 14.8. The summed E-state index contributed by atoms with van der Waals surface area (Å²) in [4.78, 5) is 23.1. The van der Waals surface area contributed by atoms with Crippen LogP contribution in [0.1, 0.15) is 57.0 Å². The molecule has 2 aromatic carbocycles. The average Bonchev–Trinajstić information content (AvgIpc) is 3.30. The smallest absolute Gasteiger partial charge is 0.320 e. The maximum atomic E-state index is 13.9. The second-order valence-corrected chi connectivity index (χ2v) is 10.4. The zero-order valence-corrected chi connectivity index (χ0v) is 22.2. The Balaban J connectivity index is 1.78. The first-order valence-corrected chi connectivity index (χ1v) is 13.5. The van der Waals surface area contributed by atoms with Crippen LogP contribution in [-0.2, 0) is 6.54 Å². The average molecular weight is 508 g/mol. The van der Waals surface area contributed by atoms with Crippen LogP contribution in [-0.4, -0.2) is 51.6 Å². The van der Waals surface area contributed by atoms with E-state index < -0.39 is 0 Å². The number of aromatic nitrogens is 2. The zero-order chi connectivity index (χ0) is 25.5. The monoisotopic (exact) mass is 507 g/mol. The molecule has 6 nitrogen and oxygen atoms in total. The van der Waals surface area contributed by atoms with Gasteiger partial charge < -0.3 is 20.1 Å². The third-order valence-electron chi connectivity index (χ3n) is 6.83. The number of nitrogens with zero attached hydrogens (tertiary/aromatic N) is 4.